The van der Waals surface area contributed by atoms with Crippen LogP contribution in [0.3, 0.4) is 0 Å². The highest BCUT2D eigenvalue weighted by molar-refractivity contribution is 7.19. The van der Waals surface area contributed by atoms with Gasteiger partial charge >= 0.3 is 5.97 Å². The summed E-state index contributed by atoms with van der Waals surface area (Å²) in [7, 11) is 1.25. The number of benzene rings is 2. The van der Waals surface area contributed by atoms with Gasteiger partial charge in [0.2, 0.25) is 0 Å². The van der Waals surface area contributed by atoms with Crippen molar-refractivity contribution in [3.63, 3.8) is 0 Å². The Morgan fingerprint density at radius 2 is 1.67 bits per heavy atom. The van der Waals surface area contributed by atoms with Gasteiger partial charge in [0, 0.05) is 16.3 Å². The first kappa shape index (κ1) is 21.5. The summed E-state index contributed by atoms with van der Waals surface area (Å²) in [5, 5.41) is 6.27. The zero-order valence-corrected chi connectivity index (χ0v) is 18.1. The van der Waals surface area contributed by atoms with Crippen molar-refractivity contribution in [1.29, 1.82) is 0 Å². The second-order valence-electron chi connectivity index (χ2n) is 6.49. The molecule has 0 atom stereocenters. The van der Waals surface area contributed by atoms with Gasteiger partial charge in [0.05, 0.1) is 17.6 Å². The molecule has 30 heavy (non-hydrogen) atoms. The van der Waals surface area contributed by atoms with E-state index in [2.05, 4.69) is 10.6 Å². The first-order chi connectivity index (χ1) is 14.3. The number of rotatable bonds is 5. The molecule has 2 N–H and O–H groups in total. The van der Waals surface area contributed by atoms with Crippen LogP contribution in [-0.2, 0) is 4.74 Å². The number of carbonyl (C=O) groups is 3. The molecule has 3 rings (SSSR count). The number of ether oxygens (including phenoxy) is 1. The summed E-state index contributed by atoms with van der Waals surface area (Å²) >= 11 is 7.13. The number of aryl methyl sites for hydroxylation is 1. The summed E-state index contributed by atoms with van der Waals surface area (Å²) in [6.07, 6.45) is 0. The molecule has 0 radical (unpaired) electrons. The average molecular weight is 443 g/mol. The maximum absolute atomic E-state index is 12.9. The van der Waals surface area contributed by atoms with Crippen LogP contribution in [0, 0.1) is 13.8 Å². The monoisotopic (exact) mass is 442 g/mol. The summed E-state index contributed by atoms with van der Waals surface area (Å²) in [6, 6.07) is 13.8. The van der Waals surface area contributed by atoms with E-state index in [4.69, 9.17) is 16.3 Å². The van der Waals surface area contributed by atoms with E-state index < -0.39 is 11.9 Å². The second kappa shape index (κ2) is 9.11. The molecule has 0 saturated carbocycles. The molecule has 2 aromatic carbocycles. The highest BCUT2D eigenvalue weighted by Gasteiger charge is 2.26. The minimum absolute atomic E-state index is 0.152. The van der Waals surface area contributed by atoms with Crippen LogP contribution < -0.4 is 10.6 Å². The summed E-state index contributed by atoms with van der Waals surface area (Å²) in [6.45, 7) is 3.50. The molecule has 6 nitrogen and oxygen atoms in total. The molecule has 1 heterocycles. The molecule has 0 bridgehead atoms. The Labute approximate surface area is 182 Å². The number of thiophene rings is 1. The number of esters is 1. The second-order valence-corrected chi connectivity index (χ2v) is 7.92. The Morgan fingerprint density at radius 1 is 0.967 bits per heavy atom. The average Bonchev–Trinajstić information content (AvgIpc) is 3.06. The van der Waals surface area contributed by atoms with Gasteiger partial charge in [0.15, 0.2) is 0 Å². The number of carbonyl (C=O) groups excluding carboxylic acids is 3. The minimum Gasteiger partial charge on any atom is -0.465 e. The molecule has 0 fully saturated rings. The van der Waals surface area contributed by atoms with Gasteiger partial charge in [-0.3, -0.25) is 9.59 Å². The van der Waals surface area contributed by atoms with Crippen LogP contribution in [-0.4, -0.2) is 24.9 Å². The van der Waals surface area contributed by atoms with Crippen molar-refractivity contribution in [1.82, 2.24) is 0 Å². The normalized spacial score (nSPS) is 10.4. The fourth-order valence-electron chi connectivity index (χ4n) is 2.79. The van der Waals surface area contributed by atoms with E-state index >= 15 is 0 Å². The Balaban J connectivity index is 1.93. The number of amides is 2. The Bertz CT molecular complexity index is 1130. The molecular formula is C22H19ClN2O4S. The minimum atomic E-state index is -0.635. The summed E-state index contributed by atoms with van der Waals surface area (Å²) in [5.41, 5.74) is 2.42. The van der Waals surface area contributed by atoms with Crippen molar-refractivity contribution in [2.24, 2.45) is 0 Å². The predicted octanol–water partition coefficient (Wildman–Crippen LogP) is 5.31. The summed E-state index contributed by atoms with van der Waals surface area (Å²) < 4.78 is 4.85. The van der Waals surface area contributed by atoms with Gasteiger partial charge in [-0.15, -0.1) is 11.3 Å². The van der Waals surface area contributed by atoms with Gasteiger partial charge in [-0.2, -0.15) is 0 Å². The molecule has 154 valence electrons. The first-order valence-corrected chi connectivity index (χ1v) is 10.2. The molecule has 0 aliphatic rings. The van der Waals surface area contributed by atoms with Crippen LogP contribution in [0.4, 0.5) is 10.7 Å². The van der Waals surface area contributed by atoms with E-state index in [-0.39, 0.29) is 21.3 Å². The SMILES string of the molecule is COC(=O)c1c(NC(=O)c2ccccc2)sc(C(=O)Nc2ccc(C)c(Cl)c2)c1C. The van der Waals surface area contributed by atoms with E-state index in [1.807, 2.05) is 6.92 Å². The molecule has 8 heteroatoms. The number of hydrogen-bond donors (Lipinski definition) is 2. The molecule has 0 aliphatic heterocycles. The molecule has 0 aliphatic carbocycles. The topological polar surface area (TPSA) is 84.5 Å². The van der Waals surface area contributed by atoms with Crippen LogP contribution in [0.2, 0.25) is 5.02 Å². The van der Waals surface area contributed by atoms with Crippen LogP contribution in [0.5, 0.6) is 0 Å². The maximum Gasteiger partial charge on any atom is 0.341 e. The third kappa shape index (κ3) is 4.53. The smallest absolute Gasteiger partial charge is 0.341 e. The Hall–Kier alpha value is -3.16. The molecule has 0 unspecified atom stereocenters. The van der Waals surface area contributed by atoms with Crippen molar-refractivity contribution in [3.8, 4) is 0 Å². The van der Waals surface area contributed by atoms with Crippen LogP contribution in [0.15, 0.2) is 48.5 Å². The van der Waals surface area contributed by atoms with Crippen molar-refractivity contribution in [3.05, 3.63) is 80.7 Å². The molecule has 1 aromatic heterocycles. The largest absolute Gasteiger partial charge is 0.465 e. The Morgan fingerprint density at radius 3 is 2.30 bits per heavy atom. The number of methoxy groups -OCH3 is 1. The third-order valence-electron chi connectivity index (χ3n) is 4.44. The first-order valence-electron chi connectivity index (χ1n) is 8.97. The predicted molar refractivity (Wildman–Crippen MR) is 119 cm³/mol. The van der Waals surface area contributed by atoms with Crippen LogP contribution >= 0.6 is 22.9 Å². The molecule has 0 spiro atoms. The maximum atomic E-state index is 12.9. The molecule has 2 amide bonds. The quantitative estimate of drug-likeness (QED) is 0.524. The van der Waals surface area contributed by atoms with Gasteiger partial charge in [0.25, 0.3) is 11.8 Å². The van der Waals surface area contributed by atoms with Gasteiger partial charge < -0.3 is 15.4 Å². The number of anilines is 2. The number of hydrogen-bond acceptors (Lipinski definition) is 5. The standard InChI is InChI=1S/C22H19ClN2O4S/c1-12-9-10-15(11-16(12)23)24-20(27)18-13(2)17(22(28)29-3)21(30-18)25-19(26)14-7-5-4-6-8-14/h4-11H,1-3H3,(H,24,27)(H,25,26). The highest BCUT2D eigenvalue weighted by atomic mass is 35.5. The zero-order chi connectivity index (χ0) is 21.8. The molecule has 3 aromatic rings. The zero-order valence-electron chi connectivity index (χ0n) is 16.5. The summed E-state index contributed by atoms with van der Waals surface area (Å²) in [5.74, 6) is -1.44. The van der Waals surface area contributed by atoms with E-state index in [1.54, 1.807) is 55.5 Å². The van der Waals surface area contributed by atoms with Gasteiger partial charge in [-0.1, -0.05) is 35.9 Å². The summed E-state index contributed by atoms with van der Waals surface area (Å²) in [4.78, 5) is 38.0. The lowest BCUT2D eigenvalue weighted by Gasteiger charge is -2.06. The van der Waals surface area contributed by atoms with E-state index in [1.165, 1.54) is 7.11 Å². The Kier molecular flexibility index (Phi) is 6.54. The van der Waals surface area contributed by atoms with Crippen molar-refractivity contribution in [2.45, 2.75) is 13.8 Å². The fraction of sp³-hybridized carbons (Fsp3) is 0.136. The lowest BCUT2D eigenvalue weighted by atomic mass is 10.1. The lowest BCUT2D eigenvalue weighted by molar-refractivity contribution is 0.0601. The highest BCUT2D eigenvalue weighted by Crippen LogP contribution is 2.34. The van der Waals surface area contributed by atoms with Gasteiger partial charge in [-0.05, 0) is 49.2 Å². The van der Waals surface area contributed by atoms with Gasteiger partial charge in [0.1, 0.15) is 5.00 Å². The van der Waals surface area contributed by atoms with E-state index in [0.717, 1.165) is 16.9 Å². The van der Waals surface area contributed by atoms with Crippen LogP contribution in [0.25, 0.3) is 0 Å². The third-order valence-corrected chi connectivity index (χ3v) is 6.05. The van der Waals surface area contributed by atoms with E-state index in [0.29, 0.717) is 21.8 Å². The number of nitrogens with one attached hydrogen (secondary N) is 2. The van der Waals surface area contributed by atoms with Crippen LogP contribution in [0.1, 0.15) is 41.5 Å². The van der Waals surface area contributed by atoms with Gasteiger partial charge in [-0.25, -0.2) is 4.79 Å². The molecule has 0 saturated heterocycles. The van der Waals surface area contributed by atoms with Crippen molar-refractivity contribution >= 4 is 51.4 Å². The fourth-order valence-corrected chi connectivity index (χ4v) is 4.06. The lowest BCUT2D eigenvalue weighted by Crippen LogP contribution is -2.14. The van der Waals surface area contributed by atoms with Crippen molar-refractivity contribution < 1.29 is 19.1 Å². The number of halogens is 1. The van der Waals surface area contributed by atoms with E-state index in [9.17, 15) is 14.4 Å². The van der Waals surface area contributed by atoms with Crippen molar-refractivity contribution in [2.75, 3.05) is 17.7 Å². The molecular weight excluding hydrogens is 424 g/mol.